The van der Waals surface area contributed by atoms with E-state index in [2.05, 4.69) is 21.1 Å². The van der Waals surface area contributed by atoms with Crippen LogP contribution in [0, 0.1) is 0 Å². The second-order valence-electron chi connectivity index (χ2n) is 4.85. The van der Waals surface area contributed by atoms with Gasteiger partial charge in [0.1, 0.15) is 5.34 Å². The Labute approximate surface area is 106 Å². The number of anilines is 1. The summed E-state index contributed by atoms with van der Waals surface area (Å²) in [6, 6.07) is 7.96. The van der Waals surface area contributed by atoms with Crippen LogP contribution < -0.4 is 5.73 Å². The molecule has 0 saturated carbocycles. The van der Waals surface area contributed by atoms with Crippen molar-refractivity contribution in [3.8, 4) is 0 Å². The summed E-state index contributed by atoms with van der Waals surface area (Å²) in [6.45, 7) is 4.57. The summed E-state index contributed by atoms with van der Waals surface area (Å²) < 4.78 is 11.7. The van der Waals surface area contributed by atoms with Crippen molar-refractivity contribution in [2.45, 2.75) is 31.4 Å². The molecule has 3 atom stereocenters. The van der Waals surface area contributed by atoms with Gasteiger partial charge < -0.3 is 15.2 Å². The molecular formula is C12H19NO2P2. The van der Waals surface area contributed by atoms with Gasteiger partial charge >= 0.3 is 0 Å². The van der Waals surface area contributed by atoms with Crippen molar-refractivity contribution in [2.24, 2.45) is 0 Å². The molecular weight excluding hydrogens is 252 g/mol. The van der Waals surface area contributed by atoms with Gasteiger partial charge in [0.15, 0.2) is 5.79 Å². The lowest BCUT2D eigenvalue weighted by molar-refractivity contribution is -0.143. The first kappa shape index (κ1) is 13.2. The van der Waals surface area contributed by atoms with Crippen LogP contribution in [0.4, 0.5) is 5.69 Å². The normalized spacial score (nSPS) is 27.9. The van der Waals surface area contributed by atoms with Gasteiger partial charge in [-0.1, -0.05) is 20.4 Å². The smallest absolute Gasteiger partial charge is 0.164 e. The minimum Gasteiger partial charge on any atom is -0.399 e. The van der Waals surface area contributed by atoms with E-state index in [1.54, 1.807) is 0 Å². The Hall–Kier alpha value is -0.200. The highest BCUT2D eigenvalue weighted by Crippen LogP contribution is 2.48. The largest absolute Gasteiger partial charge is 0.399 e. The summed E-state index contributed by atoms with van der Waals surface area (Å²) in [5.74, 6) is -0.475. The summed E-state index contributed by atoms with van der Waals surface area (Å²) in [5, 5.41) is -0.204. The molecule has 1 saturated heterocycles. The van der Waals surface area contributed by atoms with E-state index in [0.717, 1.165) is 12.1 Å². The van der Waals surface area contributed by atoms with E-state index in [1.165, 1.54) is 5.56 Å². The molecule has 0 aliphatic carbocycles. The van der Waals surface area contributed by atoms with Crippen molar-refractivity contribution in [3.63, 3.8) is 0 Å². The standard InChI is InChI=1S/C12H19NO2P2/c1-11(2)14-8-12(15-11,17-16)7-9-3-5-10(13)6-4-9/h3-6,17H,7-8,13,16H2,1-2H3. The molecule has 1 aliphatic rings. The van der Waals surface area contributed by atoms with Gasteiger partial charge in [-0.2, -0.15) is 0 Å². The Morgan fingerprint density at radius 1 is 1.35 bits per heavy atom. The number of benzene rings is 1. The first-order valence-electron chi connectivity index (χ1n) is 5.61. The lowest BCUT2D eigenvalue weighted by atomic mass is 10.1. The second-order valence-corrected chi connectivity index (χ2v) is 6.91. The van der Waals surface area contributed by atoms with E-state index in [9.17, 15) is 0 Å². The van der Waals surface area contributed by atoms with Crippen LogP contribution in [-0.2, 0) is 15.9 Å². The van der Waals surface area contributed by atoms with Crippen LogP contribution in [0.5, 0.6) is 0 Å². The lowest BCUT2D eigenvalue weighted by Crippen LogP contribution is -2.31. The Morgan fingerprint density at radius 2 is 2.00 bits per heavy atom. The highest BCUT2D eigenvalue weighted by Gasteiger charge is 2.44. The minimum atomic E-state index is -0.475. The van der Waals surface area contributed by atoms with Crippen molar-refractivity contribution in [2.75, 3.05) is 12.3 Å². The molecule has 3 nitrogen and oxygen atoms in total. The molecule has 2 rings (SSSR count). The number of rotatable bonds is 3. The molecule has 0 aromatic heterocycles. The predicted molar refractivity (Wildman–Crippen MR) is 76.4 cm³/mol. The van der Waals surface area contributed by atoms with Gasteiger partial charge in [-0.3, -0.25) is 0 Å². The van der Waals surface area contributed by atoms with E-state index in [0.29, 0.717) is 14.9 Å². The second kappa shape index (κ2) is 4.82. The van der Waals surface area contributed by atoms with Crippen LogP contribution in [0.25, 0.3) is 0 Å². The van der Waals surface area contributed by atoms with Gasteiger partial charge in [0.05, 0.1) is 6.61 Å². The van der Waals surface area contributed by atoms with Crippen molar-refractivity contribution in [1.82, 2.24) is 0 Å². The fourth-order valence-electron chi connectivity index (χ4n) is 1.99. The van der Waals surface area contributed by atoms with E-state index < -0.39 is 5.79 Å². The van der Waals surface area contributed by atoms with E-state index in [1.807, 2.05) is 26.0 Å². The Balaban J connectivity index is 2.13. The van der Waals surface area contributed by atoms with E-state index in [-0.39, 0.29) is 5.34 Å². The lowest BCUT2D eigenvalue weighted by Gasteiger charge is -2.28. The zero-order valence-corrected chi connectivity index (χ0v) is 12.3. The molecule has 0 amide bonds. The zero-order chi connectivity index (χ0) is 12.5. The summed E-state index contributed by atoms with van der Waals surface area (Å²) in [4.78, 5) is 0. The average Bonchev–Trinajstić information content (AvgIpc) is 2.59. The average molecular weight is 271 g/mol. The van der Waals surface area contributed by atoms with Crippen LogP contribution in [0.2, 0.25) is 0 Å². The van der Waals surface area contributed by atoms with Crippen molar-refractivity contribution in [1.29, 1.82) is 0 Å². The Kier molecular flexibility index (Phi) is 3.75. The van der Waals surface area contributed by atoms with Crippen molar-refractivity contribution in [3.05, 3.63) is 29.8 Å². The molecule has 0 bridgehead atoms. The maximum absolute atomic E-state index is 6.06. The fourth-order valence-corrected chi connectivity index (χ4v) is 3.49. The van der Waals surface area contributed by atoms with Gasteiger partial charge in [-0.05, 0) is 31.5 Å². The number of nitrogens with two attached hydrogens (primary N) is 1. The summed E-state index contributed by atoms with van der Waals surface area (Å²) in [6.07, 6.45) is 0.860. The van der Waals surface area contributed by atoms with E-state index in [4.69, 9.17) is 15.2 Å². The first-order valence-corrected chi connectivity index (χ1v) is 8.42. The maximum Gasteiger partial charge on any atom is 0.164 e. The maximum atomic E-state index is 6.06. The van der Waals surface area contributed by atoms with Crippen LogP contribution in [0.3, 0.4) is 0 Å². The molecule has 5 heteroatoms. The number of hydrogen-bond acceptors (Lipinski definition) is 3. The molecule has 1 aromatic carbocycles. The van der Waals surface area contributed by atoms with Crippen LogP contribution >= 0.6 is 17.2 Å². The number of nitrogen functional groups attached to an aromatic ring is 1. The molecule has 17 heavy (non-hydrogen) atoms. The molecule has 0 radical (unpaired) electrons. The molecule has 0 spiro atoms. The van der Waals surface area contributed by atoms with Gasteiger partial charge in [0.25, 0.3) is 0 Å². The van der Waals surface area contributed by atoms with Gasteiger partial charge in [0, 0.05) is 12.1 Å². The van der Waals surface area contributed by atoms with Gasteiger partial charge in [-0.15, -0.1) is 8.93 Å². The first-order chi connectivity index (χ1) is 7.95. The quantitative estimate of drug-likeness (QED) is 0.679. The number of ether oxygens (including phenoxy) is 2. The third kappa shape index (κ3) is 3.17. The minimum absolute atomic E-state index is 0.204. The van der Waals surface area contributed by atoms with Crippen LogP contribution in [0.1, 0.15) is 19.4 Å². The third-order valence-electron chi connectivity index (χ3n) is 2.83. The molecule has 2 N–H and O–H groups in total. The molecule has 1 fully saturated rings. The van der Waals surface area contributed by atoms with Crippen LogP contribution in [-0.4, -0.2) is 17.7 Å². The molecule has 1 aromatic rings. The molecule has 94 valence electrons. The monoisotopic (exact) mass is 271 g/mol. The summed E-state index contributed by atoms with van der Waals surface area (Å²) in [7, 11) is 3.39. The topological polar surface area (TPSA) is 44.5 Å². The summed E-state index contributed by atoms with van der Waals surface area (Å²) >= 11 is 0. The zero-order valence-electron chi connectivity index (χ0n) is 10.2. The van der Waals surface area contributed by atoms with E-state index >= 15 is 0 Å². The Bertz CT molecular complexity index is 394. The van der Waals surface area contributed by atoms with Crippen LogP contribution in [0.15, 0.2) is 24.3 Å². The highest BCUT2D eigenvalue weighted by molar-refractivity contribution is 8.03. The number of hydrogen-bond donors (Lipinski definition) is 1. The van der Waals surface area contributed by atoms with Gasteiger partial charge in [-0.25, -0.2) is 0 Å². The predicted octanol–water partition coefficient (Wildman–Crippen LogP) is 2.76. The molecule has 1 aliphatic heterocycles. The van der Waals surface area contributed by atoms with Crippen molar-refractivity contribution >= 4 is 22.9 Å². The molecule has 3 unspecified atom stereocenters. The SMILES string of the molecule is CC1(C)OCC(Cc2ccc(N)cc2)(PP)O1. The highest BCUT2D eigenvalue weighted by atomic mass is 32.0. The summed E-state index contributed by atoms with van der Waals surface area (Å²) in [5.41, 5.74) is 7.71. The fraction of sp³-hybridized carbons (Fsp3) is 0.500. The molecule has 1 heterocycles. The van der Waals surface area contributed by atoms with Gasteiger partial charge in [0.2, 0.25) is 0 Å². The third-order valence-corrected chi connectivity index (χ3v) is 5.35. The Morgan fingerprint density at radius 3 is 2.47 bits per heavy atom. The van der Waals surface area contributed by atoms with Crippen molar-refractivity contribution < 1.29 is 9.47 Å².